The topological polar surface area (TPSA) is 100 Å². The number of furan rings is 1. The summed E-state index contributed by atoms with van der Waals surface area (Å²) in [5.74, 6) is 1.40. The van der Waals surface area contributed by atoms with Gasteiger partial charge in [-0.15, -0.1) is 0 Å². The van der Waals surface area contributed by atoms with E-state index in [1.54, 1.807) is 18.2 Å². The van der Waals surface area contributed by atoms with Crippen LogP contribution in [0.1, 0.15) is 34.2 Å². The summed E-state index contributed by atoms with van der Waals surface area (Å²) in [6.45, 7) is 6.97. The molecule has 3 N–H and O–H groups in total. The van der Waals surface area contributed by atoms with E-state index in [4.69, 9.17) is 4.42 Å². The Bertz CT molecular complexity index is 985. The Balaban J connectivity index is 1.85. The zero-order valence-corrected chi connectivity index (χ0v) is 15.1. The molecule has 0 aliphatic rings. The van der Waals surface area contributed by atoms with Crippen molar-refractivity contribution in [3.63, 3.8) is 0 Å². The first kappa shape index (κ1) is 17.5. The minimum atomic E-state index is -0.300. The zero-order chi connectivity index (χ0) is 18.8. The number of nitrogens with one attached hydrogen (secondary N) is 3. The molecule has 0 saturated carbocycles. The van der Waals surface area contributed by atoms with Crippen molar-refractivity contribution in [2.75, 3.05) is 10.6 Å². The van der Waals surface area contributed by atoms with Gasteiger partial charge in [-0.1, -0.05) is 6.07 Å². The van der Waals surface area contributed by atoms with Crippen molar-refractivity contribution in [2.45, 2.75) is 27.7 Å². The SMILES string of the molecule is CC(=O)Nc1ccc(C)c(C(=O)Nc2n[nH]c(-c3ccc(C)o3)c2C)c1. The molecule has 1 aromatic carbocycles. The molecule has 0 radical (unpaired) electrons. The second kappa shape index (κ2) is 6.87. The molecule has 3 rings (SSSR count). The Morgan fingerprint density at radius 3 is 2.50 bits per heavy atom. The van der Waals surface area contributed by atoms with Crippen LogP contribution in [-0.2, 0) is 4.79 Å². The van der Waals surface area contributed by atoms with Crippen LogP contribution in [0, 0.1) is 20.8 Å². The molecule has 0 saturated heterocycles. The standard InChI is InChI=1S/C19H20N4O3/c1-10-5-7-14(20-13(4)24)9-15(10)19(25)21-18-12(3)17(22-23-18)16-8-6-11(2)26-16/h5-9H,1-4H3,(H,20,24)(H2,21,22,23,25). The number of H-pyrrole nitrogens is 1. The highest BCUT2D eigenvalue weighted by Gasteiger charge is 2.17. The van der Waals surface area contributed by atoms with Gasteiger partial charge in [-0.05, 0) is 50.6 Å². The van der Waals surface area contributed by atoms with Crippen LogP contribution in [0.2, 0.25) is 0 Å². The number of anilines is 2. The lowest BCUT2D eigenvalue weighted by Crippen LogP contribution is -2.15. The average molecular weight is 352 g/mol. The third kappa shape index (κ3) is 3.51. The van der Waals surface area contributed by atoms with Crippen LogP contribution in [0.15, 0.2) is 34.7 Å². The molecule has 0 aliphatic heterocycles. The maximum atomic E-state index is 12.7. The van der Waals surface area contributed by atoms with Crippen LogP contribution in [0.4, 0.5) is 11.5 Å². The van der Waals surface area contributed by atoms with E-state index in [2.05, 4.69) is 20.8 Å². The van der Waals surface area contributed by atoms with E-state index < -0.39 is 0 Å². The van der Waals surface area contributed by atoms with Gasteiger partial charge in [0, 0.05) is 23.7 Å². The molecular weight excluding hydrogens is 332 g/mol. The highest BCUT2D eigenvalue weighted by atomic mass is 16.3. The molecular formula is C19H20N4O3. The molecule has 7 heteroatoms. The highest BCUT2D eigenvalue weighted by molar-refractivity contribution is 6.06. The van der Waals surface area contributed by atoms with Crippen LogP contribution in [-0.4, -0.2) is 22.0 Å². The summed E-state index contributed by atoms with van der Waals surface area (Å²) in [4.78, 5) is 23.9. The van der Waals surface area contributed by atoms with Gasteiger partial charge in [-0.2, -0.15) is 5.10 Å². The number of benzene rings is 1. The first-order valence-corrected chi connectivity index (χ1v) is 8.16. The van der Waals surface area contributed by atoms with E-state index in [1.807, 2.05) is 32.9 Å². The van der Waals surface area contributed by atoms with Gasteiger partial charge in [-0.25, -0.2) is 0 Å². The number of rotatable bonds is 4. The van der Waals surface area contributed by atoms with Crippen molar-refractivity contribution >= 4 is 23.3 Å². The molecule has 0 bridgehead atoms. The normalized spacial score (nSPS) is 10.6. The monoisotopic (exact) mass is 352 g/mol. The number of aromatic nitrogens is 2. The predicted octanol–water partition coefficient (Wildman–Crippen LogP) is 3.81. The number of carbonyl (C=O) groups excluding carboxylic acids is 2. The average Bonchev–Trinajstić information content (AvgIpc) is 3.15. The molecule has 3 aromatic rings. The Kier molecular flexibility index (Phi) is 4.62. The van der Waals surface area contributed by atoms with E-state index in [-0.39, 0.29) is 11.8 Å². The Hall–Kier alpha value is -3.35. The van der Waals surface area contributed by atoms with E-state index in [0.29, 0.717) is 22.8 Å². The number of aryl methyl sites for hydroxylation is 2. The van der Waals surface area contributed by atoms with Crippen molar-refractivity contribution in [1.82, 2.24) is 10.2 Å². The molecule has 2 aromatic heterocycles. The number of nitrogens with zero attached hydrogens (tertiary/aromatic N) is 1. The fourth-order valence-electron chi connectivity index (χ4n) is 2.65. The first-order chi connectivity index (χ1) is 12.3. The largest absolute Gasteiger partial charge is 0.460 e. The maximum Gasteiger partial charge on any atom is 0.257 e. The molecule has 0 aliphatic carbocycles. The summed E-state index contributed by atoms with van der Waals surface area (Å²) >= 11 is 0. The third-order valence-corrected chi connectivity index (χ3v) is 4.03. The number of carbonyl (C=O) groups is 2. The lowest BCUT2D eigenvalue weighted by Gasteiger charge is -2.09. The van der Waals surface area contributed by atoms with Crippen LogP contribution in [0.3, 0.4) is 0 Å². The number of aromatic amines is 1. The number of amides is 2. The molecule has 0 unspecified atom stereocenters. The van der Waals surface area contributed by atoms with Gasteiger partial charge in [0.25, 0.3) is 5.91 Å². The van der Waals surface area contributed by atoms with Crippen molar-refractivity contribution in [3.8, 4) is 11.5 Å². The fraction of sp³-hybridized carbons (Fsp3) is 0.211. The third-order valence-electron chi connectivity index (χ3n) is 4.03. The number of hydrogen-bond acceptors (Lipinski definition) is 4. The summed E-state index contributed by atoms with van der Waals surface area (Å²) in [5, 5.41) is 12.6. The zero-order valence-electron chi connectivity index (χ0n) is 15.1. The molecule has 26 heavy (non-hydrogen) atoms. The molecule has 2 heterocycles. The second-order valence-electron chi connectivity index (χ2n) is 6.15. The van der Waals surface area contributed by atoms with Crippen molar-refractivity contribution in [3.05, 3.63) is 52.8 Å². The maximum absolute atomic E-state index is 12.7. The fourth-order valence-corrected chi connectivity index (χ4v) is 2.65. The van der Waals surface area contributed by atoms with E-state index in [9.17, 15) is 9.59 Å². The van der Waals surface area contributed by atoms with Gasteiger partial charge in [0.1, 0.15) is 11.5 Å². The first-order valence-electron chi connectivity index (χ1n) is 8.16. The molecule has 0 atom stereocenters. The van der Waals surface area contributed by atoms with E-state index in [1.165, 1.54) is 6.92 Å². The molecule has 2 amide bonds. The quantitative estimate of drug-likeness (QED) is 0.665. The second-order valence-corrected chi connectivity index (χ2v) is 6.15. The predicted molar refractivity (Wildman–Crippen MR) is 99.2 cm³/mol. The summed E-state index contributed by atoms with van der Waals surface area (Å²) in [6, 6.07) is 8.90. The number of hydrogen-bond donors (Lipinski definition) is 3. The lowest BCUT2D eigenvalue weighted by molar-refractivity contribution is -0.114. The minimum absolute atomic E-state index is 0.193. The minimum Gasteiger partial charge on any atom is -0.460 e. The van der Waals surface area contributed by atoms with Gasteiger partial charge in [0.2, 0.25) is 5.91 Å². The van der Waals surface area contributed by atoms with Crippen LogP contribution >= 0.6 is 0 Å². The summed E-state index contributed by atoms with van der Waals surface area (Å²) in [7, 11) is 0. The van der Waals surface area contributed by atoms with Gasteiger partial charge < -0.3 is 15.1 Å². The van der Waals surface area contributed by atoms with Crippen molar-refractivity contribution in [1.29, 1.82) is 0 Å². The summed E-state index contributed by atoms with van der Waals surface area (Å²) in [5.41, 5.74) is 3.33. The Labute approximate surface area is 150 Å². The van der Waals surface area contributed by atoms with Crippen LogP contribution in [0.5, 0.6) is 0 Å². The Morgan fingerprint density at radius 1 is 1.08 bits per heavy atom. The lowest BCUT2D eigenvalue weighted by atomic mass is 10.1. The summed E-state index contributed by atoms with van der Waals surface area (Å²) < 4.78 is 5.60. The van der Waals surface area contributed by atoms with Crippen molar-refractivity contribution in [2.24, 2.45) is 0 Å². The Morgan fingerprint density at radius 2 is 1.85 bits per heavy atom. The molecule has 134 valence electrons. The van der Waals surface area contributed by atoms with Crippen LogP contribution in [0.25, 0.3) is 11.5 Å². The van der Waals surface area contributed by atoms with Crippen molar-refractivity contribution < 1.29 is 14.0 Å². The molecule has 0 fully saturated rings. The van der Waals surface area contributed by atoms with E-state index in [0.717, 1.165) is 22.6 Å². The molecule has 0 spiro atoms. The smallest absolute Gasteiger partial charge is 0.257 e. The summed E-state index contributed by atoms with van der Waals surface area (Å²) in [6.07, 6.45) is 0. The highest BCUT2D eigenvalue weighted by Crippen LogP contribution is 2.28. The van der Waals surface area contributed by atoms with E-state index >= 15 is 0 Å². The van der Waals surface area contributed by atoms with Gasteiger partial charge in [0.05, 0.1) is 0 Å². The van der Waals surface area contributed by atoms with Gasteiger partial charge in [-0.3, -0.25) is 14.7 Å². The van der Waals surface area contributed by atoms with Crippen LogP contribution < -0.4 is 10.6 Å². The molecule has 7 nitrogen and oxygen atoms in total. The van der Waals surface area contributed by atoms with Gasteiger partial charge >= 0.3 is 0 Å². The van der Waals surface area contributed by atoms with Gasteiger partial charge in [0.15, 0.2) is 11.6 Å².